The summed E-state index contributed by atoms with van der Waals surface area (Å²) in [4.78, 5) is 16.7. The van der Waals surface area contributed by atoms with Crippen LogP contribution in [0.5, 0.6) is 0 Å². The molecule has 3 heterocycles. The maximum absolute atomic E-state index is 12.1. The predicted octanol–water partition coefficient (Wildman–Crippen LogP) is 2.80. The number of amides is 1. The third-order valence-corrected chi connectivity index (χ3v) is 5.49. The van der Waals surface area contributed by atoms with E-state index in [2.05, 4.69) is 53.0 Å². The minimum absolute atomic E-state index is 0.0632. The van der Waals surface area contributed by atoms with Gasteiger partial charge in [-0.3, -0.25) is 4.79 Å². The number of rotatable bonds is 6. The molecule has 3 aromatic rings. The standard InChI is InChI=1S/C20H22N4OS/c1-14-2-5-19-23-18(11-24(19)10-14)12-26-13-20(25)22-7-15-3-4-16-8-21-9-17(16)6-15/h2-6,10-11,21H,7-9,12-13H2,1H3,(H,22,25). The topological polar surface area (TPSA) is 58.4 Å². The van der Waals surface area contributed by atoms with Gasteiger partial charge >= 0.3 is 0 Å². The minimum Gasteiger partial charge on any atom is -0.351 e. The average molecular weight is 366 g/mol. The Bertz CT molecular complexity index is 950. The molecule has 6 heteroatoms. The molecule has 4 rings (SSSR count). The van der Waals surface area contributed by atoms with Crippen molar-refractivity contribution >= 4 is 23.3 Å². The molecule has 0 saturated carbocycles. The van der Waals surface area contributed by atoms with E-state index in [1.54, 1.807) is 11.8 Å². The maximum atomic E-state index is 12.1. The van der Waals surface area contributed by atoms with Crippen molar-refractivity contribution in [2.45, 2.75) is 32.3 Å². The number of fused-ring (bicyclic) bond motifs is 2. The van der Waals surface area contributed by atoms with E-state index in [1.165, 1.54) is 16.7 Å². The van der Waals surface area contributed by atoms with Gasteiger partial charge in [0.15, 0.2) is 0 Å². The second kappa shape index (κ2) is 7.51. The van der Waals surface area contributed by atoms with Crippen molar-refractivity contribution < 1.29 is 4.79 Å². The lowest BCUT2D eigenvalue weighted by Crippen LogP contribution is -2.24. The van der Waals surface area contributed by atoms with Crippen LogP contribution in [0.4, 0.5) is 0 Å². The molecule has 134 valence electrons. The Morgan fingerprint density at radius 3 is 3.04 bits per heavy atom. The molecule has 0 atom stereocenters. The fraction of sp³-hybridized carbons (Fsp3) is 0.300. The highest BCUT2D eigenvalue weighted by molar-refractivity contribution is 7.99. The fourth-order valence-electron chi connectivity index (χ4n) is 3.18. The molecular formula is C20H22N4OS. The molecule has 1 aliphatic rings. The van der Waals surface area contributed by atoms with Crippen molar-refractivity contribution in [2.75, 3.05) is 5.75 Å². The van der Waals surface area contributed by atoms with Crippen LogP contribution in [0.25, 0.3) is 5.65 Å². The van der Waals surface area contributed by atoms with Crippen molar-refractivity contribution in [3.05, 3.63) is 70.7 Å². The van der Waals surface area contributed by atoms with Gasteiger partial charge in [-0.05, 0) is 35.2 Å². The van der Waals surface area contributed by atoms with E-state index in [4.69, 9.17) is 0 Å². The van der Waals surface area contributed by atoms with Crippen LogP contribution in [0.15, 0.2) is 42.7 Å². The van der Waals surface area contributed by atoms with Crippen LogP contribution in [0.2, 0.25) is 0 Å². The summed E-state index contributed by atoms with van der Waals surface area (Å²) < 4.78 is 2.04. The van der Waals surface area contributed by atoms with E-state index in [-0.39, 0.29) is 5.91 Å². The molecule has 0 aliphatic carbocycles. The van der Waals surface area contributed by atoms with Gasteiger partial charge in [-0.1, -0.05) is 24.3 Å². The van der Waals surface area contributed by atoms with E-state index < -0.39 is 0 Å². The second-order valence-corrected chi connectivity index (χ2v) is 7.67. The lowest BCUT2D eigenvalue weighted by atomic mass is 10.1. The first-order valence-corrected chi connectivity index (χ1v) is 9.93. The fourth-order valence-corrected chi connectivity index (χ4v) is 3.92. The molecule has 2 N–H and O–H groups in total. The van der Waals surface area contributed by atoms with Crippen LogP contribution in [0.3, 0.4) is 0 Å². The Morgan fingerprint density at radius 2 is 2.12 bits per heavy atom. The SMILES string of the molecule is Cc1ccc2nc(CSCC(=O)NCc3ccc4c(c3)CNC4)cn2c1. The Kier molecular flexibility index (Phi) is 4.95. The number of aromatic nitrogens is 2. The third kappa shape index (κ3) is 3.92. The average Bonchev–Trinajstić information content (AvgIpc) is 3.25. The van der Waals surface area contributed by atoms with Gasteiger partial charge in [0.05, 0.1) is 11.4 Å². The van der Waals surface area contributed by atoms with Gasteiger partial charge in [0.25, 0.3) is 0 Å². The van der Waals surface area contributed by atoms with Gasteiger partial charge in [0.1, 0.15) is 5.65 Å². The van der Waals surface area contributed by atoms with Crippen LogP contribution in [0, 0.1) is 6.92 Å². The summed E-state index contributed by atoms with van der Waals surface area (Å²) in [7, 11) is 0. The van der Waals surface area contributed by atoms with E-state index in [0.29, 0.717) is 12.3 Å². The summed E-state index contributed by atoms with van der Waals surface area (Å²) >= 11 is 1.59. The van der Waals surface area contributed by atoms with E-state index in [0.717, 1.165) is 35.7 Å². The number of carbonyl (C=O) groups excluding carboxylic acids is 1. The zero-order chi connectivity index (χ0) is 17.9. The smallest absolute Gasteiger partial charge is 0.230 e. The number of thioether (sulfide) groups is 1. The van der Waals surface area contributed by atoms with Gasteiger partial charge in [-0.15, -0.1) is 11.8 Å². The highest BCUT2D eigenvalue weighted by Gasteiger charge is 2.10. The first kappa shape index (κ1) is 17.1. The van der Waals surface area contributed by atoms with Crippen molar-refractivity contribution in [2.24, 2.45) is 0 Å². The van der Waals surface area contributed by atoms with E-state index >= 15 is 0 Å². The predicted molar refractivity (Wildman–Crippen MR) is 105 cm³/mol. The van der Waals surface area contributed by atoms with Crippen LogP contribution in [-0.2, 0) is 30.2 Å². The van der Waals surface area contributed by atoms with Gasteiger partial charge in [-0.25, -0.2) is 4.98 Å². The summed E-state index contributed by atoms with van der Waals surface area (Å²) in [5.74, 6) is 1.24. The minimum atomic E-state index is 0.0632. The Morgan fingerprint density at radius 1 is 1.23 bits per heavy atom. The Labute approximate surface area is 157 Å². The van der Waals surface area contributed by atoms with Gasteiger partial charge in [0, 0.05) is 37.8 Å². The highest BCUT2D eigenvalue weighted by Crippen LogP contribution is 2.17. The first-order valence-electron chi connectivity index (χ1n) is 8.77. The van der Waals surface area contributed by atoms with E-state index in [1.807, 2.05) is 16.7 Å². The van der Waals surface area contributed by atoms with Crippen LogP contribution in [-0.4, -0.2) is 21.0 Å². The molecule has 1 amide bonds. The largest absolute Gasteiger partial charge is 0.351 e. The number of carbonyl (C=O) groups is 1. The lowest BCUT2D eigenvalue weighted by Gasteiger charge is -2.07. The number of aryl methyl sites for hydroxylation is 1. The van der Waals surface area contributed by atoms with E-state index in [9.17, 15) is 4.79 Å². The third-order valence-electron chi connectivity index (χ3n) is 4.52. The van der Waals surface area contributed by atoms with Crippen LogP contribution >= 0.6 is 11.8 Å². The molecular weight excluding hydrogens is 344 g/mol. The molecule has 0 saturated heterocycles. The number of nitrogens with one attached hydrogen (secondary N) is 2. The Balaban J connectivity index is 1.24. The zero-order valence-electron chi connectivity index (χ0n) is 14.8. The molecule has 1 aromatic carbocycles. The molecule has 26 heavy (non-hydrogen) atoms. The quantitative estimate of drug-likeness (QED) is 0.704. The number of pyridine rings is 1. The summed E-state index contributed by atoms with van der Waals surface area (Å²) in [5.41, 5.74) is 7.00. The summed E-state index contributed by atoms with van der Waals surface area (Å²) in [6.07, 6.45) is 4.10. The van der Waals surface area contributed by atoms with Crippen molar-refractivity contribution in [3.8, 4) is 0 Å². The Hall–Kier alpha value is -2.31. The van der Waals surface area contributed by atoms with Crippen LogP contribution < -0.4 is 10.6 Å². The van der Waals surface area contributed by atoms with Gasteiger partial charge in [0.2, 0.25) is 5.91 Å². The van der Waals surface area contributed by atoms with Crippen molar-refractivity contribution in [1.29, 1.82) is 0 Å². The van der Waals surface area contributed by atoms with Gasteiger partial charge in [-0.2, -0.15) is 0 Å². The monoisotopic (exact) mass is 366 g/mol. The van der Waals surface area contributed by atoms with Crippen LogP contribution in [0.1, 0.15) is 27.9 Å². The van der Waals surface area contributed by atoms with Gasteiger partial charge < -0.3 is 15.0 Å². The molecule has 5 nitrogen and oxygen atoms in total. The normalized spacial score (nSPS) is 13.1. The molecule has 0 unspecified atom stereocenters. The number of hydrogen-bond acceptors (Lipinski definition) is 4. The number of imidazole rings is 1. The molecule has 2 aromatic heterocycles. The highest BCUT2D eigenvalue weighted by atomic mass is 32.2. The molecule has 1 aliphatic heterocycles. The summed E-state index contributed by atoms with van der Waals surface area (Å²) in [5, 5.41) is 6.34. The van der Waals surface area contributed by atoms with Crippen molar-refractivity contribution in [1.82, 2.24) is 20.0 Å². The lowest BCUT2D eigenvalue weighted by molar-refractivity contribution is -0.118. The molecule has 0 bridgehead atoms. The number of benzene rings is 1. The zero-order valence-corrected chi connectivity index (χ0v) is 15.6. The maximum Gasteiger partial charge on any atom is 0.230 e. The number of hydrogen-bond donors (Lipinski definition) is 2. The molecule has 0 spiro atoms. The number of nitrogens with zero attached hydrogens (tertiary/aromatic N) is 2. The summed E-state index contributed by atoms with van der Waals surface area (Å²) in [6.45, 7) is 4.52. The first-order chi connectivity index (χ1) is 12.7. The summed E-state index contributed by atoms with van der Waals surface area (Å²) in [6, 6.07) is 10.5. The van der Waals surface area contributed by atoms with Crippen molar-refractivity contribution in [3.63, 3.8) is 0 Å². The molecule has 0 radical (unpaired) electrons. The molecule has 0 fully saturated rings. The second-order valence-electron chi connectivity index (χ2n) is 6.68.